The summed E-state index contributed by atoms with van der Waals surface area (Å²) in [4.78, 5) is 21.6. The Hall–Kier alpha value is -2.32. The molecule has 0 aliphatic rings. The molecule has 0 amide bonds. The lowest BCUT2D eigenvalue weighted by Crippen LogP contribution is -2.36. The van der Waals surface area contributed by atoms with Crippen molar-refractivity contribution in [3.8, 4) is 0 Å². The summed E-state index contributed by atoms with van der Waals surface area (Å²) in [5.74, 6) is 0.175. The lowest BCUT2D eigenvalue weighted by atomic mass is 10.2. The number of benzene rings is 2. The van der Waals surface area contributed by atoms with Crippen LogP contribution in [0.2, 0.25) is 5.02 Å². The maximum Gasteiger partial charge on any atom is 0.258 e. The number of aromatic nitrogens is 2. The fourth-order valence-electron chi connectivity index (χ4n) is 3.27. The Balaban J connectivity index is 1.60. The lowest BCUT2D eigenvalue weighted by molar-refractivity contribution is 0.00745. The number of nitrogens with zero attached hydrogens (tertiary/aromatic N) is 2. The van der Waals surface area contributed by atoms with Crippen LogP contribution in [0.1, 0.15) is 24.7 Å². The largest absolute Gasteiger partial charge is 0.389 e. The highest BCUT2D eigenvalue weighted by Gasteiger charge is 2.15. The minimum Gasteiger partial charge on any atom is -0.389 e. The number of fused-ring (bicyclic) bond motifs is 1. The minimum atomic E-state index is -0.759. The molecule has 2 aromatic carbocycles. The van der Waals surface area contributed by atoms with E-state index in [4.69, 9.17) is 16.3 Å². The number of aromatic amines is 1. The highest BCUT2D eigenvalue weighted by molar-refractivity contribution is 6.31. The molecule has 1 aromatic heterocycles. The maximum atomic E-state index is 13.6. The van der Waals surface area contributed by atoms with Crippen LogP contribution in [0.4, 0.5) is 4.39 Å². The third-order valence-corrected chi connectivity index (χ3v) is 4.86. The predicted octanol–water partition coefficient (Wildman–Crippen LogP) is 3.51. The average Bonchev–Trinajstić information content (AvgIpc) is 2.69. The third-order valence-electron chi connectivity index (χ3n) is 4.63. The first kappa shape index (κ1) is 22.4. The van der Waals surface area contributed by atoms with Gasteiger partial charge in [0.2, 0.25) is 0 Å². The van der Waals surface area contributed by atoms with E-state index in [2.05, 4.69) is 9.97 Å². The van der Waals surface area contributed by atoms with Crippen molar-refractivity contribution in [3.05, 3.63) is 75.0 Å². The van der Waals surface area contributed by atoms with Crippen LogP contribution in [0, 0.1) is 5.82 Å². The SMILES string of the molecule is CCCN(Cc1nc2cc(Cl)ccc2c(=O)[nH]1)CC(O)COCc1ccccc1F. The van der Waals surface area contributed by atoms with E-state index in [1.54, 1.807) is 36.4 Å². The second kappa shape index (κ2) is 10.6. The van der Waals surface area contributed by atoms with Gasteiger partial charge in [-0.2, -0.15) is 0 Å². The van der Waals surface area contributed by atoms with Crippen molar-refractivity contribution in [2.45, 2.75) is 32.6 Å². The molecule has 1 heterocycles. The summed E-state index contributed by atoms with van der Waals surface area (Å²) >= 11 is 6.02. The Bertz CT molecular complexity index is 1040. The lowest BCUT2D eigenvalue weighted by Gasteiger charge is -2.24. The van der Waals surface area contributed by atoms with Gasteiger partial charge in [0.15, 0.2) is 0 Å². The van der Waals surface area contributed by atoms with Gasteiger partial charge in [-0.15, -0.1) is 0 Å². The summed E-state index contributed by atoms with van der Waals surface area (Å²) in [6.07, 6.45) is 0.108. The van der Waals surface area contributed by atoms with Gasteiger partial charge in [0.25, 0.3) is 5.56 Å². The molecule has 30 heavy (non-hydrogen) atoms. The normalized spacial score (nSPS) is 12.6. The zero-order chi connectivity index (χ0) is 21.5. The van der Waals surface area contributed by atoms with Gasteiger partial charge >= 0.3 is 0 Å². The summed E-state index contributed by atoms with van der Waals surface area (Å²) in [5, 5.41) is 11.4. The van der Waals surface area contributed by atoms with E-state index in [9.17, 15) is 14.3 Å². The molecule has 0 saturated carbocycles. The molecule has 0 aliphatic carbocycles. The molecule has 1 unspecified atom stereocenters. The van der Waals surface area contributed by atoms with Gasteiger partial charge in [-0.1, -0.05) is 36.7 Å². The van der Waals surface area contributed by atoms with E-state index in [0.29, 0.717) is 46.9 Å². The Morgan fingerprint density at radius 2 is 2.10 bits per heavy atom. The van der Waals surface area contributed by atoms with Crippen molar-refractivity contribution in [3.63, 3.8) is 0 Å². The molecule has 3 aromatic rings. The molecule has 0 radical (unpaired) electrons. The number of aliphatic hydroxyl groups is 1. The number of nitrogens with one attached hydrogen (secondary N) is 1. The van der Waals surface area contributed by atoms with Crippen LogP contribution in [0.3, 0.4) is 0 Å². The third kappa shape index (κ3) is 6.09. The number of hydrogen-bond acceptors (Lipinski definition) is 5. The van der Waals surface area contributed by atoms with Gasteiger partial charge in [-0.05, 0) is 37.2 Å². The summed E-state index contributed by atoms with van der Waals surface area (Å²) in [7, 11) is 0. The Morgan fingerprint density at radius 1 is 1.30 bits per heavy atom. The van der Waals surface area contributed by atoms with E-state index < -0.39 is 6.10 Å². The standard InChI is InChI=1S/C22H25ClFN3O3/c1-2-9-27(11-17(28)14-30-13-15-5-3-4-6-19(15)24)12-21-25-20-10-16(23)7-8-18(20)22(29)26-21/h3-8,10,17,28H,2,9,11-14H2,1H3,(H,25,26,29). The van der Waals surface area contributed by atoms with Crippen LogP contribution >= 0.6 is 11.6 Å². The molecule has 0 bridgehead atoms. The summed E-state index contributed by atoms with van der Waals surface area (Å²) in [6.45, 7) is 3.62. The molecule has 160 valence electrons. The Kier molecular flexibility index (Phi) is 7.93. The van der Waals surface area contributed by atoms with Crippen molar-refractivity contribution >= 4 is 22.5 Å². The fourth-order valence-corrected chi connectivity index (χ4v) is 3.44. The molecule has 3 rings (SSSR count). The van der Waals surface area contributed by atoms with Crippen molar-refractivity contribution in [1.29, 1.82) is 0 Å². The van der Waals surface area contributed by atoms with Crippen LogP contribution < -0.4 is 5.56 Å². The summed E-state index contributed by atoms with van der Waals surface area (Å²) in [6, 6.07) is 11.4. The Morgan fingerprint density at radius 3 is 2.87 bits per heavy atom. The molecule has 2 N–H and O–H groups in total. The van der Waals surface area contributed by atoms with Gasteiger partial charge in [0, 0.05) is 17.1 Å². The molecule has 8 heteroatoms. The van der Waals surface area contributed by atoms with Gasteiger partial charge in [-0.25, -0.2) is 9.37 Å². The minimum absolute atomic E-state index is 0.0752. The van der Waals surface area contributed by atoms with Crippen LogP contribution in [-0.2, 0) is 17.9 Å². The summed E-state index contributed by atoms with van der Waals surface area (Å²) < 4.78 is 19.1. The van der Waals surface area contributed by atoms with E-state index >= 15 is 0 Å². The molecule has 0 spiro atoms. The molecule has 6 nitrogen and oxygen atoms in total. The second-order valence-corrected chi connectivity index (χ2v) is 7.61. The van der Waals surface area contributed by atoms with Crippen LogP contribution in [0.25, 0.3) is 10.9 Å². The van der Waals surface area contributed by atoms with Gasteiger partial charge in [0.05, 0.1) is 36.8 Å². The first-order chi connectivity index (χ1) is 14.5. The first-order valence-electron chi connectivity index (χ1n) is 9.86. The Labute approximate surface area is 179 Å². The van der Waals surface area contributed by atoms with Crippen molar-refractivity contribution in [2.75, 3.05) is 19.7 Å². The molecule has 0 aliphatic heterocycles. The van der Waals surface area contributed by atoms with Gasteiger partial charge in [0.1, 0.15) is 11.6 Å². The van der Waals surface area contributed by atoms with Crippen molar-refractivity contribution in [2.24, 2.45) is 0 Å². The summed E-state index contributed by atoms with van der Waals surface area (Å²) in [5.41, 5.74) is 0.759. The van der Waals surface area contributed by atoms with E-state index in [0.717, 1.165) is 6.42 Å². The van der Waals surface area contributed by atoms with Crippen molar-refractivity contribution in [1.82, 2.24) is 14.9 Å². The number of hydrogen-bond donors (Lipinski definition) is 2. The highest BCUT2D eigenvalue weighted by Crippen LogP contribution is 2.15. The zero-order valence-corrected chi connectivity index (χ0v) is 17.5. The monoisotopic (exact) mass is 433 g/mol. The van der Waals surface area contributed by atoms with Crippen LogP contribution in [0.15, 0.2) is 47.3 Å². The highest BCUT2D eigenvalue weighted by atomic mass is 35.5. The quantitative estimate of drug-likeness (QED) is 0.511. The maximum absolute atomic E-state index is 13.6. The number of rotatable bonds is 10. The molecule has 1 atom stereocenters. The van der Waals surface area contributed by atoms with E-state index in [1.165, 1.54) is 6.07 Å². The van der Waals surface area contributed by atoms with Crippen LogP contribution in [-0.4, -0.2) is 45.8 Å². The smallest absolute Gasteiger partial charge is 0.258 e. The predicted molar refractivity (Wildman–Crippen MR) is 115 cm³/mol. The van der Waals surface area contributed by atoms with E-state index in [-0.39, 0.29) is 24.6 Å². The van der Waals surface area contributed by atoms with Gasteiger partial charge in [-0.3, -0.25) is 9.69 Å². The van der Waals surface area contributed by atoms with E-state index in [1.807, 2.05) is 11.8 Å². The van der Waals surface area contributed by atoms with Crippen molar-refractivity contribution < 1.29 is 14.2 Å². The molecular formula is C22H25ClFN3O3. The zero-order valence-electron chi connectivity index (χ0n) is 16.8. The second-order valence-electron chi connectivity index (χ2n) is 7.17. The average molecular weight is 434 g/mol. The first-order valence-corrected chi connectivity index (χ1v) is 10.2. The molecule has 0 saturated heterocycles. The number of halogens is 2. The topological polar surface area (TPSA) is 78.5 Å². The molecular weight excluding hydrogens is 409 g/mol. The number of aliphatic hydroxyl groups excluding tert-OH is 1. The number of H-pyrrole nitrogens is 1. The number of ether oxygens (including phenoxy) is 1. The fraction of sp³-hybridized carbons (Fsp3) is 0.364. The molecule has 0 fully saturated rings. The van der Waals surface area contributed by atoms with Crippen LogP contribution in [0.5, 0.6) is 0 Å². The van der Waals surface area contributed by atoms with Gasteiger partial charge < -0.3 is 14.8 Å².